The fourth-order valence-corrected chi connectivity index (χ4v) is 2.79. The van der Waals surface area contributed by atoms with Crippen molar-refractivity contribution in [1.82, 2.24) is 10.3 Å². The first-order valence-electron chi connectivity index (χ1n) is 8.32. The zero-order chi connectivity index (χ0) is 17.1. The van der Waals surface area contributed by atoms with E-state index in [2.05, 4.69) is 27.3 Å². The van der Waals surface area contributed by atoms with Crippen LogP contribution in [0.1, 0.15) is 23.2 Å². The molecule has 1 atom stereocenters. The van der Waals surface area contributed by atoms with Crippen molar-refractivity contribution in [2.45, 2.75) is 18.9 Å². The number of nitrogens with zero attached hydrogens (tertiary/aromatic N) is 2. The van der Waals surface area contributed by atoms with Gasteiger partial charge in [0.2, 0.25) is 0 Å². The van der Waals surface area contributed by atoms with E-state index in [-0.39, 0.29) is 11.9 Å². The van der Waals surface area contributed by atoms with E-state index in [9.17, 15) is 4.79 Å². The highest BCUT2D eigenvalue weighted by molar-refractivity contribution is 5.95. The standard InChI is InChI=1S/C19H24N4O/c1-23(2)17-7-5-13(6-8-17)15-9-16(12-21-11-15)19(24)22-18(10-20)14-3-4-14/h5-9,11-12,14,18H,3-4,10,20H2,1-2H3,(H,22,24). The van der Waals surface area contributed by atoms with Gasteiger partial charge in [-0.3, -0.25) is 9.78 Å². The maximum atomic E-state index is 12.5. The molecular formula is C19H24N4O. The monoisotopic (exact) mass is 324 g/mol. The highest BCUT2D eigenvalue weighted by Gasteiger charge is 2.31. The fourth-order valence-electron chi connectivity index (χ4n) is 2.79. The molecule has 0 bridgehead atoms. The van der Waals surface area contributed by atoms with Crippen molar-refractivity contribution in [3.8, 4) is 11.1 Å². The maximum Gasteiger partial charge on any atom is 0.253 e. The van der Waals surface area contributed by atoms with Crippen LogP contribution in [0, 0.1) is 5.92 Å². The molecule has 3 rings (SSSR count). The Labute approximate surface area is 142 Å². The molecule has 5 heteroatoms. The van der Waals surface area contributed by atoms with Crippen LogP contribution in [0.4, 0.5) is 5.69 Å². The minimum atomic E-state index is -0.100. The second-order valence-corrected chi connectivity index (χ2v) is 6.56. The van der Waals surface area contributed by atoms with Crippen LogP contribution < -0.4 is 16.0 Å². The Morgan fingerprint density at radius 1 is 1.25 bits per heavy atom. The molecule has 0 aliphatic heterocycles. The van der Waals surface area contributed by atoms with Crippen molar-refractivity contribution in [2.75, 3.05) is 25.5 Å². The summed E-state index contributed by atoms with van der Waals surface area (Å²) in [6.07, 6.45) is 5.69. The summed E-state index contributed by atoms with van der Waals surface area (Å²) in [5.74, 6) is 0.435. The van der Waals surface area contributed by atoms with Gasteiger partial charge in [0, 0.05) is 50.3 Å². The van der Waals surface area contributed by atoms with Crippen LogP contribution in [0.25, 0.3) is 11.1 Å². The number of aromatic nitrogens is 1. The molecule has 2 aromatic rings. The Morgan fingerprint density at radius 3 is 2.54 bits per heavy atom. The van der Waals surface area contributed by atoms with Gasteiger partial charge in [-0.1, -0.05) is 12.1 Å². The molecule has 126 valence electrons. The van der Waals surface area contributed by atoms with Crippen molar-refractivity contribution in [1.29, 1.82) is 0 Å². The van der Waals surface area contributed by atoms with Gasteiger partial charge < -0.3 is 16.0 Å². The molecule has 1 saturated carbocycles. The number of carbonyl (C=O) groups is 1. The SMILES string of the molecule is CN(C)c1ccc(-c2cncc(C(=O)NC(CN)C3CC3)c2)cc1. The van der Waals surface area contributed by atoms with Crippen molar-refractivity contribution in [3.05, 3.63) is 48.3 Å². The molecule has 0 spiro atoms. The summed E-state index contributed by atoms with van der Waals surface area (Å²) in [6, 6.07) is 10.1. The van der Waals surface area contributed by atoms with Gasteiger partial charge in [0.1, 0.15) is 0 Å². The highest BCUT2D eigenvalue weighted by atomic mass is 16.1. The van der Waals surface area contributed by atoms with Crippen molar-refractivity contribution in [3.63, 3.8) is 0 Å². The van der Waals surface area contributed by atoms with Crippen LogP contribution in [-0.4, -0.2) is 37.6 Å². The molecule has 0 saturated heterocycles. The molecule has 3 N–H and O–H groups in total. The van der Waals surface area contributed by atoms with Crippen LogP contribution in [0.5, 0.6) is 0 Å². The molecule has 24 heavy (non-hydrogen) atoms. The summed E-state index contributed by atoms with van der Waals surface area (Å²) >= 11 is 0. The first-order valence-corrected chi connectivity index (χ1v) is 8.32. The normalized spacial score (nSPS) is 15.0. The van der Waals surface area contributed by atoms with Crippen LogP contribution >= 0.6 is 0 Å². The number of rotatable bonds is 6. The molecule has 5 nitrogen and oxygen atoms in total. The largest absolute Gasteiger partial charge is 0.378 e. The Hall–Kier alpha value is -2.40. The summed E-state index contributed by atoms with van der Waals surface area (Å²) in [6.45, 7) is 0.482. The number of nitrogens with one attached hydrogen (secondary N) is 1. The molecule has 1 unspecified atom stereocenters. The predicted molar refractivity (Wildman–Crippen MR) is 97.0 cm³/mol. The second kappa shape index (κ2) is 7.01. The van der Waals surface area contributed by atoms with E-state index in [1.54, 1.807) is 12.4 Å². The molecular weight excluding hydrogens is 300 g/mol. The molecule has 1 aromatic carbocycles. The third kappa shape index (κ3) is 3.74. The molecule has 1 heterocycles. The van der Waals surface area contributed by atoms with E-state index in [0.29, 0.717) is 18.0 Å². The van der Waals surface area contributed by atoms with Crippen molar-refractivity contribution < 1.29 is 4.79 Å². The summed E-state index contributed by atoms with van der Waals surface area (Å²) in [4.78, 5) is 18.7. The van der Waals surface area contributed by atoms with E-state index in [1.165, 1.54) is 0 Å². The van der Waals surface area contributed by atoms with E-state index < -0.39 is 0 Å². The summed E-state index contributed by atoms with van der Waals surface area (Å²) in [7, 11) is 4.02. The van der Waals surface area contributed by atoms with Gasteiger partial charge in [0.05, 0.1) is 5.56 Å². The lowest BCUT2D eigenvalue weighted by atomic mass is 10.0. The minimum Gasteiger partial charge on any atom is -0.378 e. The average Bonchev–Trinajstić information content (AvgIpc) is 3.44. The van der Waals surface area contributed by atoms with Gasteiger partial charge in [0.15, 0.2) is 0 Å². The molecule has 1 aliphatic rings. The number of benzene rings is 1. The van der Waals surface area contributed by atoms with Crippen LogP contribution in [0.2, 0.25) is 0 Å². The van der Waals surface area contributed by atoms with Gasteiger partial charge in [-0.05, 0) is 42.5 Å². The van der Waals surface area contributed by atoms with Gasteiger partial charge in [-0.15, -0.1) is 0 Å². The zero-order valence-corrected chi connectivity index (χ0v) is 14.2. The first-order chi connectivity index (χ1) is 11.6. The first kappa shape index (κ1) is 16.5. The van der Waals surface area contributed by atoms with Gasteiger partial charge in [0.25, 0.3) is 5.91 Å². The van der Waals surface area contributed by atoms with Crippen molar-refractivity contribution >= 4 is 11.6 Å². The predicted octanol–water partition coefficient (Wildman–Crippen LogP) is 2.28. The second-order valence-electron chi connectivity index (χ2n) is 6.56. The smallest absolute Gasteiger partial charge is 0.253 e. The quantitative estimate of drug-likeness (QED) is 0.855. The molecule has 1 aromatic heterocycles. The number of anilines is 1. The van der Waals surface area contributed by atoms with Gasteiger partial charge >= 0.3 is 0 Å². The lowest BCUT2D eigenvalue weighted by Gasteiger charge is -2.16. The Kier molecular flexibility index (Phi) is 4.81. The van der Waals surface area contributed by atoms with Crippen LogP contribution in [0.15, 0.2) is 42.7 Å². The highest BCUT2D eigenvalue weighted by Crippen LogP contribution is 2.32. The van der Waals surface area contributed by atoms with Gasteiger partial charge in [-0.2, -0.15) is 0 Å². The maximum absolute atomic E-state index is 12.5. The fraction of sp³-hybridized carbons (Fsp3) is 0.368. The number of pyridine rings is 1. The van der Waals surface area contributed by atoms with E-state index >= 15 is 0 Å². The lowest BCUT2D eigenvalue weighted by Crippen LogP contribution is -2.41. The lowest BCUT2D eigenvalue weighted by molar-refractivity contribution is 0.0933. The van der Waals surface area contributed by atoms with Crippen LogP contribution in [-0.2, 0) is 0 Å². The Bertz CT molecular complexity index is 708. The van der Waals surface area contributed by atoms with E-state index in [4.69, 9.17) is 5.73 Å². The van der Waals surface area contributed by atoms with Crippen molar-refractivity contribution in [2.24, 2.45) is 11.7 Å². The minimum absolute atomic E-state index is 0.0699. The third-order valence-electron chi connectivity index (χ3n) is 4.48. The summed E-state index contributed by atoms with van der Waals surface area (Å²) < 4.78 is 0. The Balaban J connectivity index is 1.76. The number of hydrogen-bond donors (Lipinski definition) is 2. The molecule has 1 aliphatic carbocycles. The topological polar surface area (TPSA) is 71.2 Å². The number of nitrogens with two attached hydrogens (primary N) is 1. The molecule has 1 amide bonds. The summed E-state index contributed by atoms with van der Waals surface area (Å²) in [5.41, 5.74) is 9.45. The summed E-state index contributed by atoms with van der Waals surface area (Å²) in [5, 5.41) is 3.04. The number of hydrogen-bond acceptors (Lipinski definition) is 4. The van der Waals surface area contributed by atoms with E-state index in [1.807, 2.05) is 32.3 Å². The van der Waals surface area contributed by atoms with Crippen LogP contribution in [0.3, 0.4) is 0 Å². The molecule has 0 radical (unpaired) electrons. The number of carbonyl (C=O) groups excluding carboxylic acids is 1. The Morgan fingerprint density at radius 2 is 1.96 bits per heavy atom. The average molecular weight is 324 g/mol. The third-order valence-corrected chi connectivity index (χ3v) is 4.48. The number of amides is 1. The molecule has 1 fully saturated rings. The zero-order valence-electron chi connectivity index (χ0n) is 14.2. The van der Waals surface area contributed by atoms with Gasteiger partial charge in [-0.25, -0.2) is 0 Å². The van der Waals surface area contributed by atoms with E-state index in [0.717, 1.165) is 29.7 Å².